The lowest BCUT2D eigenvalue weighted by Crippen LogP contribution is -2.31. The lowest BCUT2D eigenvalue weighted by atomic mass is 10.0. The molecule has 1 unspecified atom stereocenters. The Kier molecular flexibility index (Phi) is 9.39. The molecule has 0 spiro atoms. The monoisotopic (exact) mass is 556 g/mol. The van der Waals surface area contributed by atoms with Crippen LogP contribution in [-0.2, 0) is 17.8 Å². The number of unbranched alkanes of at least 4 members (excludes halogenated alkanes) is 1. The highest BCUT2D eigenvalue weighted by Crippen LogP contribution is 2.39. The molecule has 1 aromatic heterocycles. The molecule has 1 N–H and O–H groups in total. The standard InChI is InChI=1S/C31H32N4O2S2/c1-4-5-18-34-28(33-17-16-23-12-8-6-9-13-23)25(21(2)26(20-32)29(34)36)19-27-30(37)35(31(38)39-27)22(3)24-14-10-7-11-15-24/h6-15,19,22,33H,4-5,16-18H2,1-3H3/b27-19+. The summed E-state index contributed by atoms with van der Waals surface area (Å²) in [6, 6.07) is 21.8. The third kappa shape index (κ3) is 6.16. The topological polar surface area (TPSA) is 78.1 Å². The van der Waals surface area contributed by atoms with Gasteiger partial charge in [0.2, 0.25) is 0 Å². The molecular weight excluding hydrogens is 525 g/mol. The van der Waals surface area contributed by atoms with E-state index in [0.717, 1.165) is 24.8 Å². The Bertz CT molecular complexity index is 1490. The quantitative estimate of drug-likeness (QED) is 0.229. The van der Waals surface area contributed by atoms with Crippen molar-refractivity contribution in [3.63, 3.8) is 0 Å². The molecule has 8 heteroatoms. The van der Waals surface area contributed by atoms with Crippen LogP contribution in [0, 0.1) is 18.3 Å². The number of hydrogen-bond donors (Lipinski definition) is 1. The highest BCUT2D eigenvalue weighted by Gasteiger charge is 2.36. The summed E-state index contributed by atoms with van der Waals surface area (Å²) in [7, 11) is 0. The molecule has 1 aliphatic heterocycles. The predicted octanol–water partition coefficient (Wildman–Crippen LogP) is 6.45. The van der Waals surface area contributed by atoms with E-state index in [1.807, 2.05) is 55.5 Å². The lowest BCUT2D eigenvalue weighted by Gasteiger charge is -2.23. The molecular formula is C31H32N4O2S2. The van der Waals surface area contributed by atoms with Crippen molar-refractivity contribution in [1.29, 1.82) is 5.26 Å². The zero-order chi connectivity index (χ0) is 27.9. The second-order valence-electron chi connectivity index (χ2n) is 9.49. The maximum atomic E-state index is 13.6. The number of carbonyl (C=O) groups excluding carboxylic acids is 1. The van der Waals surface area contributed by atoms with E-state index < -0.39 is 0 Å². The van der Waals surface area contributed by atoms with Gasteiger partial charge in [-0.25, -0.2) is 0 Å². The number of amides is 1. The third-order valence-electron chi connectivity index (χ3n) is 6.93. The van der Waals surface area contributed by atoms with Gasteiger partial charge in [0.15, 0.2) is 0 Å². The maximum absolute atomic E-state index is 13.6. The maximum Gasteiger partial charge on any atom is 0.270 e. The number of nitriles is 1. The van der Waals surface area contributed by atoms with Gasteiger partial charge in [-0.2, -0.15) is 5.26 Å². The number of thiocarbonyl (C=S) groups is 1. The van der Waals surface area contributed by atoms with Crippen LogP contribution in [0.5, 0.6) is 0 Å². The van der Waals surface area contributed by atoms with Crippen LogP contribution in [-0.4, -0.2) is 26.2 Å². The molecule has 0 radical (unpaired) electrons. The van der Waals surface area contributed by atoms with Crippen LogP contribution in [0.3, 0.4) is 0 Å². The number of benzene rings is 2. The molecule has 0 saturated carbocycles. The van der Waals surface area contributed by atoms with Crippen LogP contribution < -0.4 is 10.9 Å². The normalized spacial score (nSPS) is 15.0. The molecule has 39 heavy (non-hydrogen) atoms. The number of carbonyl (C=O) groups is 1. The van der Waals surface area contributed by atoms with Crippen molar-refractivity contribution < 1.29 is 4.79 Å². The summed E-state index contributed by atoms with van der Waals surface area (Å²) in [5, 5.41) is 13.4. The van der Waals surface area contributed by atoms with Crippen molar-refractivity contribution in [1.82, 2.24) is 9.47 Å². The van der Waals surface area contributed by atoms with Crippen molar-refractivity contribution in [2.45, 2.75) is 52.6 Å². The van der Waals surface area contributed by atoms with Gasteiger partial charge in [0, 0.05) is 18.7 Å². The van der Waals surface area contributed by atoms with Gasteiger partial charge in [-0.3, -0.25) is 19.1 Å². The number of rotatable bonds is 10. The van der Waals surface area contributed by atoms with E-state index in [1.54, 1.807) is 22.5 Å². The second-order valence-corrected chi connectivity index (χ2v) is 11.2. The van der Waals surface area contributed by atoms with E-state index in [-0.39, 0.29) is 23.1 Å². The molecule has 0 aliphatic carbocycles. The van der Waals surface area contributed by atoms with Crippen molar-refractivity contribution in [2.24, 2.45) is 0 Å². The van der Waals surface area contributed by atoms with Crippen molar-refractivity contribution in [2.75, 3.05) is 11.9 Å². The Morgan fingerprint density at radius 2 is 1.77 bits per heavy atom. The van der Waals surface area contributed by atoms with Gasteiger partial charge >= 0.3 is 0 Å². The summed E-state index contributed by atoms with van der Waals surface area (Å²) in [6.07, 6.45) is 4.24. The first kappa shape index (κ1) is 28.3. The smallest absolute Gasteiger partial charge is 0.270 e. The van der Waals surface area contributed by atoms with Gasteiger partial charge in [-0.15, -0.1) is 0 Å². The third-order valence-corrected chi connectivity index (χ3v) is 8.26. The first-order valence-electron chi connectivity index (χ1n) is 13.1. The molecule has 1 amide bonds. The van der Waals surface area contributed by atoms with Crippen LogP contribution in [0.4, 0.5) is 5.82 Å². The zero-order valence-corrected chi connectivity index (χ0v) is 24.1. The summed E-state index contributed by atoms with van der Waals surface area (Å²) in [5.41, 5.74) is 3.18. The number of aromatic nitrogens is 1. The fourth-order valence-electron chi connectivity index (χ4n) is 4.68. The second kappa shape index (κ2) is 12.9. The zero-order valence-electron chi connectivity index (χ0n) is 22.4. The molecule has 1 saturated heterocycles. The molecule has 4 rings (SSSR count). The molecule has 2 heterocycles. The van der Waals surface area contributed by atoms with Gasteiger partial charge in [0.1, 0.15) is 21.8 Å². The Morgan fingerprint density at radius 3 is 2.41 bits per heavy atom. The number of pyridine rings is 1. The molecule has 0 bridgehead atoms. The van der Waals surface area contributed by atoms with E-state index in [9.17, 15) is 14.9 Å². The van der Waals surface area contributed by atoms with E-state index in [2.05, 4.69) is 30.4 Å². The van der Waals surface area contributed by atoms with E-state index >= 15 is 0 Å². The number of nitrogens with zero attached hydrogens (tertiary/aromatic N) is 3. The van der Waals surface area contributed by atoms with Gasteiger partial charge < -0.3 is 5.32 Å². The fraction of sp³-hybridized carbons (Fsp3) is 0.290. The molecule has 1 fully saturated rings. The van der Waals surface area contributed by atoms with Crippen molar-refractivity contribution >= 4 is 46.1 Å². The van der Waals surface area contributed by atoms with Crippen molar-refractivity contribution in [3.05, 3.63) is 104 Å². The van der Waals surface area contributed by atoms with Crippen LogP contribution in [0.1, 0.15) is 60.5 Å². The van der Waals surface area contributed by atoms with E-state index in [4.69, 9.17) is 12.2 Å². The first-order valence-corrected chi connectivity index (χ1v) is 14.4. The van der Waals surface area contributed by atoms with E-state index in [1.165, 1.54) is 17.3 Å². The SMILES string of the molecule is CCCCn1c(NCCc2ccccc2)c(/C=C2/SC(=S)N(C(C)c3ccccc3)C2=O)c(C)c(C#N)c1=O. The van der Waals surface area contributed by atoms with Crippen LogP contribution in [0.25, 0.3) is 6.08 Å². The minimum Gasteiger partial charge on any atom is -0.371 e. The Labute approximate surface area is 239 Å². The van der Waals surface area contributed by atoms with Crippen molar-refractivity contribution in [3.8, 4) is 6.07 Å². The van der Waals surface area contributed by atoms with E-state index in [0.29, 0.717) is 39.3 Å². The Balaban J connectivity index is 1.76. The predicted molar refractivity (Wildman–Crippen MR) is 164 cm³/mol. The van der Waals surface area contributed by atoms with Gasteiger partial charge in [-0.05, 0) is 49.5 Å². The molecule has 200 valence electrons. The van der Waals surface area contributed by atoms with Gasteiger partial charge in [0.25, 0.3) is 11.5 Å². The molecule has 3 aromatic rings. The molecule has 2 aromatic carbocycles. The average molecular weight is 557 g/mol. The first-order chi connectivity index (χ1) is 18.9. The van der Waals surface area contributed by atoms with Gasteiger partial charge in [0.05, 0.1) is 10.9 Å². The molecule has 1 aliphatic rings. The largest absolute Gasteiger partial charge is 0.371 e. The highest BCUT2D eigenvalue weighted by molar-refractivity contribution is 8.26. The highest BCUT2D eigenvalue weighted by atomic mass is 32.2. The number of anilines is 1. The fourth-order valence-corrected chi connectivity index (χ4v) is 6.08. The number of hydrogen-bond acceptors (Lipinski definition) is 6. The lowest BCUT2D eigenvalue weighted by molar-refractivity contribution is -0.123. The summed E-state index contributed by atoms with van der Waals surface area (Å²) >= 11 is 6.88. The Hall–Kier alpha value is -3.67. The molecule has 6 nitrogen and oxygen atoms in total. The number of thioether (sulfide) groups is 1. The summed E-state index contributed by atoms with van der Waals surface area (Å²) in [4.78, 5) is 29.1. The minimum atomic E-state index is -0.312. The summed E-state index contributed by atoms with van der Waals surface area (Å²) < 4.78 is 2.14. The number of nitrogens with one attached hydrogen (secondary N) is 1. The average Bonchev–Trinajstić information content (AvgIpc) is 3.23. The van der Waals surface area contributed by atoms with Crippen LogP contribution in [0.15, 0.2) is 70.4 Å². The summed E-state index contributed by atoms with van der Waals surface area (Å²) in [6.45, 7) is 6.86. The van der Waals surface area contributed by atoms with Crippen LogP contribution >= 0.6 is 24.0 Å². The Morgan fingerprint density at radius 1 is 1.10 bits per heavy atom. The van der Waals surface area contributed by atoms with Crippen LogP contribution in [0.2, 0.25) is 0 Å². The molecule has 1 atom stereocenters. The van der Waals surface area contributed by atoms with Gasteiger partial charge in [-0.1, -0.05) is 98.0 Å². The summed E-state index contributed by atoms with van der Waals surface area (Å²) in [5.74, 6) is 0.447. The minimum absolute atomic E-state index is 0.0964.